The SMILES string of the molecule is C[C@@H](Nc1cc(N2CCN(C(=O)OC(C)(C)C)CC2)ccc1C#N)c1ccc(Cl)cc1Cl. The van der Waals surface area contributed by atoms with E-state index in [0.717, 1.165) is 16.9 Å². The van der Waals surface area contributed by atoms with Crippen molar-refractivity contribution in [1.29, 1.82) is 5.26 Å². The Morgan fingerprint density at radius 1 is 1.12 bits per heavy atom. The molecule has 170 valence electrons. The van der Waals surface area contributed by atoms with Crippen LogP contribution in [0.15, 0.2) is 36.4 Å². The number of halogens is 2. The molecule has 0 saturated carbocycles. The summed E-state index contributed by atoms with van der Waals surface area (Å²) in [5.41, 5.74) is 2.67. The smallest absolute Gasteiger partial charge is 0.410 e. The second-order valence-corrected chi connectivity index (χ2v) is 9.67. The van der Waals surface area contributed by atoms with Crippen LogP contribution in [0.5, 0.6) is 0 Å². The average molecular weight is 475 g/mol. The van der Waals surface area contributed by atoms with Gasteiger partial charge in [-0.2, -0.15) is 5.26 Å². The first kappa shape index (κ1) is 24.0. The monoisotopic (exact) mass is 474 g/mol. The zero-order valence-corrected chi connectivity index (χ0v) is 20.3. The van der Waals surface area contributed by atoms with Crippen molar-refractivity contribution in [3.63, 3.8) is 0 Å². The standard InChI is InChI=1S/C24H28Cl2N4O2/c1-16(20-8-6-18(25)13-21(20)26)28-22-14-19(7-5-17(22)15-27)29-9-11-30(12-10-29)23(31)32-24(2,3)4/h5-8,13-14,16,28H,9-12H2,1-4H3/t16-/m1/s1. The number of amides is 1. The number of hydrogen-bond acceptors (Lipinski definition) is 5. The lowest BCUT2D eigenvalue weighted by Gasteiger charge is -2.37. The number of nitriles is 1. The topological polar surface area (TPSA) is 68.6 Å². The van der Waals surface area contributed by atoms with Crippen molar-refractivity contribution in [3.8, 4) is 6.07 Å². The zero-order valence-electron chi connectivity index (χ0n) is 18.8. The molecular formula is C24H28Cl2N4O2. The number of carbonyl (C=O) groups is 1. The molecule has 6 nitrogen and oxygen atoms in total. The normalized spacial score (nSPS) is 15.2. The van der Waals surface area contributed by atoms with Crippen LogP contribution in [-0.2, 0) is 4.74 Å². The third-order valence-electron chi connectivity index (χ3n) is 5.22. The Morgan fingerprint density at radius 2 is 1.81 bits per heavy atom. The second-order valence-electron chi connectivity index (χ2n) is 8.83. The molecule has 1 N–H and O–H groups in total. The molecule has 1 atom stereocenters. The molecule has 0 unspecified atom stereocenters. The van der Waals surface area contributed by atoms with E-state index in [1.165, 1.54) is 0 Å². The van der Waals surface area contributed by atoms with Crippen LogP contribution in [0.2, 0.25) is 10.0 Å². The van der Waals surface area contributed by atoms with Crippen molar-refractivity contribution in [2.45, 2.75) is 39.3 Å². The number of piperazine rings is 1. The summed E-state index contributed by atoms with van der Waals surface area (Å²) < 4.78 is 5.47. The molecule has 0 spiro atoms. The quantitative estimate of drug-likeness (QED) is 0.579. The molecule has 1 fully saturated rings. The van der Waals surface area contributed by atoms with E-state index in [1.807, 2.05) is 52.0 Å². The molecule has 1 heterocycles. The van der Waals surface area contributed by atoms with E-state index in [4.69, 9.17) is 27.9 Å². The number of carbonyl (C=O) groups excluding carboxylic acids is 1. The number of ether oxygens (including phenoxy) is 1. The van der Waals surface area contributed by atoms with Crippen molar-refractivity contribution in [3.05, 3.63) is 57.6 Å². The molecule has 8 heteroatoms. The van der Waals surface area contributed by atoms with E-state index in [1.54, 1.807) is 17.0 Å². The van der Waals surface area contributed by atoms with Gasteiger partial charge in [0.25, 0.3) is 0 Å². The van der Waals surface area contributed by atoms with E-state index in [9.17, 15) is 10.1 Å². The molecule has 0 bridgehead atoms. The van der Waals surface area contributed by atoms with Crippen LogP contribution in [0.1, 0.15) is 44.9 Å². The lowest BCUT2D eigenvalue weighted by molar-refractivity contribution is 0.0240. The molecule has 0 radical (unpaired) electrons. The molecule has 1 aliphatic rings. The maximum atomic E-state index is 12.3. The predicted molar refractivity (Wildman–Crippen MR) is 130 cm³/mol. The Bertz CT molecular complexity index is 1020. The van der Waals surface area contributed by atoms with Crippen LogP contribution in [0.3, 0.4) is 0 Å². The molecule has 32 heavy (non-hydrogen) atoms. The highest BCUT2D eigenvalue weighted by Gasteiger charge is 2.26. The molecule has 1 amide bonds. The second kappa shape index (κ2) is 9.89. The van der Waals surface area contributed by atoms with Crippen molar-refractivity contribution >= 4 is 40.7 Å². The maximum Gasteiger partial charge on any atom is 0.410 e. The molecule has 1 aliphatic heterocycles. The molecule has 2 aromatic carbocycles. The zero-order chi connectivity index (χ0) is 23.5. The fourth-order valence-corrected chi connectivity index (χ4v) is 4.16. The number of hydrogen-bond donors (Lipinski definition) is 1. The fourth-order valence-electron chi connectivity index (χ4n) is 3.58. The molecular weight excluding hydrogens is 447 g/mol. The highest BCUT2D eigenvalue weighted by Crippen LogP contribution is 2.31. The first-order chi connectivity index (χ1) is 15.1. The first-order valence-corrected chi connectivity index (χ1v) is 11.3. The largest absolute Gasteiger partial charge is 0.444 e. The minimum Gasteiger partial charge on any atom is -0.444 e. The molecule has 2 aromatic rings. The van der Waals surface area contributed by atoms with E-state index >= 15 is 0 Å². The van der Waals surface area contributed by atoms with Gasteiger partial charge in [-0.1, -0.05) is 29.3 Å². The Kier molecular flexibility index (Phi) is 7.43. The summed E-state index contributed by atoms with van der Waals surface area (Å²) in [5.74, 6) is 0. The summed E-state index contributed by atoms with van der Waals surface area (Å²) in [5, 5.41) is 14.1. The minimum atomic E-state index is -0.508. The Balaban J connectivity index is 1.71. The number of nitrogens with zero attached hydrogens (tertiary/aromatic N) is 3. The van der Waals surface area contributed by atoms with Crippen molar-refractivity contribution in [2.75, 3.05) is 36.4 Å². The first-order valence-electron chi connectivity index (χ1n) is 10.6. The van der Waals surface area contributed by atoms with Crippen LogP contribution in [-0.4, -0.2) is 42.8 Å². The minimum absolute atomic E-state index is 0.119. The van der Waals surface area contributed by atoms with Gasteiger partial charge in [-0.25, -0.2) is 4.79 Å². The average Bonchev–Trinajstić information content (AvgIpc) is 2.72. The van der Waals surface area contributed by atoms with Crippen molar-refractivity contribution in [2.24, 2.45) is 0 Å². The predicted octanol–water partition coefficient (Wildman–Crippen LogP) is 6.10. The van der Waals surface area contributed by atoms with Gasteiger partial charge in [0.15, 0.2) is 0 Å². The van der Waals surface area contributed by atoms with Gasteiger partial charge in [0, 0.05) is 41.9 Å². The summed E-state index contributed by atoms with van der Waals surface area (Å²) in [6, 6.07) is 13.2. The Morgan fingerprint density at radius 3 is 2.41 bits per heavy atom. The van der Waals surface area contributed by atoms with Crippen LogP contribution >= 0.6 is 23.2 Å². The van der Waals surface area contributed by atoms with Gasteiger partial charge in [-0.3, -0.25) is 0 Å². The van der Waals surface area contributed by atoms with Gasteiger partial charge in [0.2, 0.25) is 0 Å². The summed E-state index contributed by atoms with van der Waals surface area (Å²) >= 11 is 12.4. The van der Waals surface area contributed by atoms with E-state index in [0.29, 0.717) is 41.8 Å². The van der Waals surface area contributed by atoms with Crippen LogP contribution in [0.4, 0.5) is 16.2 Å². The summed E-state index contributed by atoms with van der Waals surface area (Å²) in [4.78, 5) is 16.3. The summed E-state index contributed by atoms with van der Waals surface area (Å²) in [6.07, 6.45) is -0.284. The number of benzene rings is 2. The highest BCUT2D eigenvalue weighted by molar-refractivity contribution is 6.35. The van der Waals surface area contributed by atoms with E-state index in [-0.39, 0.29) is 12.1 Å². The third-order valence-corrected chi connectivity index (χ3v) is 5.78. The number of rotatable bonds is 4. The van der Waals surface area contributed by atoms with Gasteiger partial charge in [-0.05, 0) is 63.6 Å². The lowest BCUT2D eigenvalue weighted by Crippen LogP contribution is -2.50. The van der Waals surface area contributed by atoms with E-state index in [2.05, 4.69) is 16.3 Å². The summed E-state index contributed by atoms with van der Waals surface area (Å²) in [7, 11) is 0. The highest BCUT2D eigenvalue weighted by atomic mass is 35.5. The van der Waals surface area contributed by atoms with Gasteiger partial charge >= 0.3 is 6.09 Å². The molecule has 1 saturated heterocycles. The molecule has 3 rings (SSSR count). The Labute approximate surface area is 199 Å². The Hall–Kier alpha value is -2.62. The van der Waals surface area contributed by atoms with Gasteiger partial charge in [0.05, 0.1) is 17.3 Å². The van der Waals surface area contributed by atoms with Gasteiger partial charge in [-0.15, -0.1) is 0 Å². The fraction of sp³-hybridized carbons (Fsp3) is 0.417. The number of nitrogens with one attached hydrogen (secondary N) is 1. The van der Waals surface area contributed by atoms with Crippen molar-refractivity contribution in [1.82, 2.24) is 4.90 Å². The summed E-state index contributed by atoms with van der Waals surface area (Å²) in [6.45, 7) is 10.1. The maximum absolute atomic E-state index is 12.3. The van der Waals surface area contributed by atoms with Crippen LogP contribution in [0.25, 0.3) is 0 Å². The third kappa shape index (κ3) is 5.99. The number of anilines is 2. The van der Waals surface area contributed by atoms with E-state index < -0.39 is 5.60 Å². The van der Waals surface area contributed by atoms with Crippen LogP contribution < -0.4 is 10.2 Å². The lowest BCUT2D eigenvalue weighted by atomic mass is 10.1. The van der Waals surface area contributed by atoms with Gasteiger partial charge < -0.3 is 19.9 Å². The molecule has 0 aliphatic carbocycles. The van der Waals surface area contributed by atoms with Crippen molar-refractivity contribution < 1.29 is 9.53 Å². The molecule has 0 aromatic heterocycles. The van der Waals surface area contributed by atoms with Crippen LogP contribution in [0, 0.1) is 11.3 Å². The van der Waals surface area contributed by atoms with Gasteiger partial charge in [0.1, 0.15) is 11.7 Å².